The van der Waals surface area contributed by atoms with Gasteiger partial charge in [-0.2, -0.15) is 0 Å². The van der Waals surface area contributed by atoms with Gasteiger partial charge in [-0.1, -0.05) is 13.0 Å². The van der Waals surface area contributed by atoms with Crippen molar-refractivity contribution < 1.29 is 4.74 Å². The van der Waals surface area contributed by atoms with Crippen molar-refractivity contribution in [2.24, 2.45) is 5.73 Å². The number of nitrogens with zero attached hydrogens (tertiary/aromatic N) is 1. The molecule has 0 bridgehead atoms. The molecule has 2 aromatic rings. The van der Waals surface area contributed by atoms with E-state index >= 15 is 0 Å². The molecule has 1 heterocycles. The fraction of sp³-hybridized carbons (Fsp3) is 0.333. The molecule has 0 aliphatic carbocycles. The zero-order chi connectivity index (χ0) is 13.8. The summed E-state index contributed by atoms with van der Waals surface area (Å²) in [5.74, 6) is 0.852. The van der Waals surface area contributed by atoms with Crippen LogP contribution in [0.4, 0.5) is 0 Å². The summed E-state index contributed by atoms with van der Waals surface area (Å²) in [4.78, 5) is 0. The van der Waals surface area contributed by atoms with Crippen molar-refractivity contribution in [2.45, 2.75) is 25.9 Å². The average Bonchev–Trinajstić information content (AvgIpc) is 2.86. The maximum Gasteiger partial charge on any atom is 0.133 e. The molecular weight excluding hydrogens is 304 g/mol. The molecule has 1 unspecified atom stereocenters. The maximum atomic E-state index is 6.03. The molecule has 0 spiro atoms. The fourth-order valence-corrected chi connectivity index (χ4v) is 2.62. The van der Waals surface area contributed by atoms with E-state index in [4.69, 9.17) is 10.5 Å². The molecule has 1 aromatic carbocycles. The van der Waals surface area contributed by atoms with Crippen LogP contribution in [0, 0.1) is 0 Å². The predicted octanol–water partition coefficient (Wildman–Crippen LogP) is 3.72. The van der Waals surface area contributed by atoms with Gasteiger partial charge in [0.2, 0.25) is 0 Å². The van der Waals surface area contributed by atoms with Gasteiger partial charge in [0, 0.05) is 25.0 Å². The van der Waals surface area contributed by atoms with Gasteiger partial charge in [-0.25, -0.2) is 0 Å². The summed E-state index contributed by atoms with van der Waals surface area (Å²) in [6, 6.07) is 8.35. The van der Waals surface area contributed by atoms with Crippen LogP contribution in [0.5, 0.6) is 5.75 Å². The second kappa shape index (κ2) is 6.26. The van der Waals surface area contributed by atoms with Crippen molar-refractivity contribution >= 4 is 15.9 Å². The van der Waals surface area contributed by atoms with E-state index in [9.17, 15) is 0 Å². The number of halogens is 1. The van der Waals surface area contributed by atoms with Gasteiger partial charge in [-0.3, -0.25) is 0 Å². The van der Waals surface area contributed by atoms with Gasteiger partial charge in [0.1, 0.15) is 5.75 Å². The van der Waals surface area contributed by atoms with Crippen molar-refractivity contribution in [3.8, 4) is 5.75 Å². The Bertz CT molecular complexity index is 551. The van der Waals surface area contributed by atoms with Crippen LogP contribution < -0.4 is 10.5 Å². The summed E-state index contributed by atoms with van der Waals surface area (Å²) in [6.07, 6.45) is 5.15. The SMILES string of the molecule is CCC(N)c1ccn(Cc2ccc(OC)c(Br)c2)c1. The number of hydrogen-bond donors (Lipinski definition) is 1. The van der Waals surface area contributed by atoms with Gasteiger partial charge in [-0.15, -0.1) is 0 Å². The number of aromatic nitrogens is 1. The molecule has 102 valence electrons. The van der Waals surface area contributed by atoms with E-state index in [0.717, 1.165) is 23.2 Å². The smallest absolute Gasteiger partial charge is 0.133 e. The highest BCUT2D eigenvalue weighted by molar-refractivity contribution is 9.10. The largest absolute Gasteiger partial charge is 0.496 e. The van der Waals surface area contributed by atoms with Gasteiger partial charge in [0.25, 0.3) is 0 Å². The van der Waals surface area contributed by atoms with Crippen molar-refractivity contribution in [1.82, 2.24) is 4.57 Å². The molecule has 1 atom stereocenters. The minimum Gasteiger partial charge on any atom is -0.496 e. The summed E-state index contributed by atoms with van der Waals surface area (Å²) in [7, 11) is 1.67. The van der Waals surface area contributed by atoms with Gasteiger partial charge >= 0.3 is 0 Å². The summed E-state index contributed by atoms with van der Waals surface area (Å²) >= 11 is 3.51. The predicted molar refractivity (Wildman–Crippen MR) is 81.4 cm³/mol. The van der Waals surface area contributed by atoms with Crippen molar-refractivity contribution in [3.05, 3.63) is 52.3 Å². The van der Waals surface area contributed by atoms with E-state index in [0.29, 0.717) is 0 Å². The highest BCUT2D eigenvalue weighted by Crippen LogP contribution is 2.26. The first-order valence-electron chi connectivity index (χ1n) is 6.37. The molecule has 0 saturated heterocycles. The molecule has 3 nitrogen and oxygen atoms in total. The van der Waals surface area contributed by atoms with Gasteiger partial charge in [0.15, 0.2) is 0 Å². The molecular formula is C15H19BrN2O. The number of benzene rings is 1. The molecule has 19 heavy (non-hydrogen) atoms. The lowest BCUT2D eigenvalue weighted by atomic mass is 10.1. The quantitative estimate of drug-likeness (QED) is 0.911. The summed E-state index contributed by atoms with van der Waals surface area (Å²) in [5, 5.41) is 0. The molecule has 2 rings (SSSR count). The lowest BCUT2D eigenvalue weighted by molar-refractivity contribution is 0.412. The summed E-state index contributed by atoms with van der Waals surface area (Å²) in [5.41, 5.74) is 8.44. The normalized spacial score (nSPS) is 12.4. The third-order valence-electron chi connectivity index (χ3n) is 3.22. The highest BCUT2D eigenvalue weighted by Gasteiger charge is 2.06. The zero-order valence-corrected chi connectivity index (χ0v) is 12.9. The van der Waals surface area contributed by atoms with Crippen LogP contribution in [0.1, 0.15) is 30.5 Å². The van der Waals surface area contributed by atoms with Gasteiger partial charge in [-0.05, 0) is 51.7 Å². The Hall–Kier alpha value is -1.26. The molecule has 0 radical (unpaired) electrons. The Morgan fingerprint density at radius 2 is 2.16 bits per heavy atom. The van der Waals surface area contributed by atoms with Crippen LogP contribution in [-0.4, -0.2) is 11.7 Å². The average molecular weight is 323 g/mol. The Morgan fingerprint density at radius 1 is 1.37 bits per heavy atom. The standard InChI is InChI=1S/C15H19BrN2O/c1-3-14(17)12-6-7-18(10-12)9-11-4-5-15(19-2)13(16)8-11/h4-8,10,14H,3,9,17H2,1-2H3. The second-order valence-electron chi connectivity index (χ2n) is 4.60. The van der Waals surface area contributed by atoms with Gasteiger partial charge < -0.3 is 15.0 Å². The fourth-order valence-electron chi connectivity index (χ4n) is 2.03. The van der Waals surface area contributed by atoms with Crippen LogP contribution in [0.3, 0.4) is 0 Å². The summed E-state index contributed by atoms with van der Waals surface area (Å²) in [6.45, 7) is 2.93. The van der Waals surface area contributed by atoms with Crippen molar-refractivity contribution in [1.29, 1.82) is 0 Å². The zero-order valence-electron chi connectivity index (χ0n) is 11.3. The van der Waals surface area contributed by atoms with Crippen LogP contribution in [0.15, 0.2) is 41.1 Å². The minimum absolute atomic E-state index is 0.129. The lowest BCUT2D eigenvalue weighted by Crippen LogP contribution is -2.07. The highest BCUT2D eigenvalue weighted by atomic mass is 79.9. The van der Waals surface area contributed by atoms with Crippen LogP contribution >= 0.6 is 15.9 Å². The Morgan fingerprint density at radius 3 is 2.79 bits per heavy atom. The topological polar surface area (TPSA) is 40.2 Å². The van der Waals surface area contributed by atoms with E-state index in [1.807, 2.05) is 6.07 Å². The number of methoxy groups -OCH3 is 1. The molecule has 0 aliphatic rings. The van der Waals surface area contributed by atoms with Crippen LogP contribution in [-0.2, 0) is 6.54 Å². The minimum atomic E-state index is 0.129. The third kappa shape index (κ3) is 3.39. The van der Waals surface area contributed by atoms with E-state index in [-0.39, 0.29) is 6.04 Å². The first-order chi connectivity index (χ1) is 9.13. The van der Waals surface area contributed by atoms with E-state index in [1.165, 1.54) is 11.1 Å². The lowest BCUT2D eigenvalue weighted by Gasteiger charge is -2.08. The molecule has 0 fully saturated rings. The number of ether oxygens (including phenoxy) is 1. The summed E-state index contributed by atoms with van der Waals surface area (Å²) < 4.78 is 8.36. The van der Waals surface area contributed by atoms with Crippen molar-refractivity contribution in [3.63, 3.8) is 0 Å². The second-order valence-corrected chi connectivity index (χ2v) is 5.46. The molecule has 0 saturated carbocycles. The molecule has 0 aliphatic heterocycles. The number of nitrogens with two attached hydrogens (primary N) is 1. The molecule has 1 aromatic heterocycles. The number of hydrogen-bond acceptors (Lipinski definition) is 2. The third-order valence-corrected chi connectivity index (χ3v) is 3.84. The maximum absolute atomic E-state index is 6.03. The Labute approximate surface area is 122 Å². The van der Waals surface area contributed by atoms with Crippen molar-refractivity contribution in [2.75, 3.05) is 7.11 Å². The Kier molecular flexibility index (Phi) is 4.66. The van der Waals surface area contributed by atoms with E-state index in [1.54, 1.807) is 7.11 Å². The van der Waals surface area contributed by atoms with Gasteiger partial charge in [0.05, 0.1) is 11.6 Å². The van der Waals surface area contributed by atoms with Crippen LogP contribution in [0.25, 0.3) is 0 Å². The van der Waals surface area contributed by atoms with Crippen LogP contribution in [0.2, 0.25) is 0 Å². The first-order valence-corrected chi connectivity index (χ1v) is 7.17. The molecule has 0 amide bonds. The van der Waals surface area contributed by atoms with E-state index < -0.39 is 0 Å². The molecule has 4 heteroatoms. The Balaban J connectivity index is 2.12. The van der Waals surface area contributed by atoms with E-state index in [2.05, 4.69) is 58.0 Å². The monoisotopic (exact) mass is 322 g/mol. The first kappa shape index (κ1) is 14.2. The number of rotatable bonds is 5. The molecule has 2 N–H and O–H groups in total.